The summed E-state index contributed by atoms with van der Waals surface area (Å²) in [5.74, 6) is 0.419. The van der Waals surface area contributed by atoms with Gasteiger partial charge in [-0.2, -0.15) is 0 Å². The summed E-state index contributed by atoms with van der Waals surface area (Å²) >= 11 is 5.14. The molecular formula is C15H22BrNOS. The third-order valence-electron chi connectivity index (χ3n) is 4.28. The SMILES string of the molecule is CCN(CC)C1(C(=O)Cc2cc(Br)cs2)CCCC1. The van der Waals surface area contributed by atoms with Crippen LogP contribution < -0.4 is 0 Å². The van der Waals surface area contributed by atoms with E-state index in [4.69, 9.17) is 0 Å². The highest BCUT2D eigenvalue weighted by atomic mass is 79.9. The maximum absolute atomic E-state index is 12.9. The van der Waals surface area contributed by atoms with Crippen molar-refractivity contribution in [3.8, 4) is 0 Å². The Labute approximate surface area is 128 Å². The molecule has 0 atom stereocenters. The number of carbonyl (C=O) groups is 1. The number of rotatable bonds is 6. The molecule has 4 heteroatoms. The molecule has 0 bridgehead atoms. The minimum Gasteiger partial charge on any atom is -0.297 e. The second kappa shape index (κ2) is 6.51. The summed E-state index contributed by atoms with van der Waals surface area (Å²) in [5, 5.41) is 2.06. The number of ketones is 1. The molecule has 0 amide bonds. The van der Waals surface area contributed by atoms with Crippen LogP contribution in [0.15, 0.2) is 15.9 Å². The van der Waals surface area contributed by atoms with Crippen molar-refractivity contribution >= 4 is 33.0 Å². The quantitative estimate of drug-likeness (QED) is 0.768. The van der Waals surface area contributed by atoms with Crippen LogP contribution in [0.3, 0.4) is 0 Å². The molecule has 1 aliphatic carbocycles. The summed E-state index contributed by atoms with van der Waals surface area (Å²) in [6.45, 7) is 6.27. The van der Waals surface area contributed by atoms with E-state index in [1.54, 1.807) is 11.3 Å². The highest BCUT2D eigenvalue weighted by Crippen LogP contribution is 2.37. The van der Waals surface area contributed by atoms with E-state index in [-0.39, 0.29) is 5.54 Å². The largest absolute Gasteiger partial charge is 0.297 e. The Morgan fingerprint density at radius 1 is 1.37 bits per heavy atom. The summed E-state index contributed by atoms with van der Waals surface area (Å²) in [5.41, 5.74) is -0.181. The second-order valence-electron chi connectivity index (χ2n) is 5.24. The van der Waals surface area contributed by atoms with Crippen molar-refractivity contribution in [3.63, 3.8) is 0 Å². The molecule has 0 aromatic carbocycles. The summed E-state index contributed by atoms with van der Waals surface area (Å²) in [4.78, 5) is 16.4. The van der Waals surface area contributed by atoms with Gasteiger partial charge in [-0.25, -0.2) is 0 Å². The molecule has 1 aromatic heterocycles. The lowest BCUT2D eigenvalue weighted by Crippen LogP contribution is -2.53. The fourth-order valence-corrected chi connectivity index (χ4v) is 4.78. The van der Waals surface area contributed by atoms with Crippen LogP contribution in [-0.2, 0) is 11.2 Å². The number of nitrogens with zero attached hydrogens (tertiary/aromatic N) is 1. The van der Waals surface area contributed by atoms with Crippen molar-refractivity contribution in [3.05, 3.63) is 20.8 Å². The van der Waals surface area contributed by atoms with Crippen molar-refractivity contribution in [1.82, 2.24) is 4.90 Å². The molecule has 2 rings (SSSR count). The molecule has 0 N–H and O–H groups in total. The van der Waals surface area contributed by atoms with E-state index < -0.39 is 0 Å². The topological polar surface area (TPSA) is 20.3 Å². The first-order valence-electron chi connectivity index (χ1n) is 7.13. The van der Waals surface area contributed by atoms with E-state index in [9.17, 15) is 4.79 Å². The number of thiophene rings is 1. The average molecular weight is 344 g/mol. The normalized spacial score (nSPS) is 18.1. The standard InChI is InChI=1S/C15H22BrNOS/c1-3-17(4-2)15(7-5-6-8-15)14(18)10-13-9-12(16)11-19-13/h9,11H,3-8,10H2,1-2H3. The predicted octanol–water partition coefficient (Wildman–Crippen LogP) is 4.28. The summed E-state index contributed by atoms with van der Waals surface area (Å²) in [7, 11) is 0. The zero-order valence-electron chi connectivity index (χ0n) is 11.7. The molecule has 19 heavy (non-hydrogen) atoms. The Kier molecular flexibility index (Phi) is 5.21. The lowest BCUT2D eigenvalue weighted by Gasteiger charge is -2.39. The maximum atomic E-state index is 12.9. The van der Waals surface area contributed by atoms with Crippen LogP contribution >= 0.6 is 27.3 Å². The minimum absolute atomic E-state index is 0.181. The van der Waals surface area contributed by atoms with E-state index in [0.29, 0.717) is 12.2 Å². The molecule has 1 aliphatic rings. The summed E-state index contributed by atoms with van der Waals surface area (Å²) in [6.07, 6.45) is 5.06. The fraction of sp³-hybridized carbons (Fsp3) is 0.667. The second-order valence-corrected chi connectivity index (χ2v) is 7.15. The van der Waals surface area contributed by atoms with Crippen LogP contribution in [0, 0.1) is 0 Å². The lowest BCUT2D eigenvalue weighted by molar-refractivity contribution is -0.130. The number of hydrogen-bond acceptors (Lipinski definition) is 3. The summed E-state index contributed by atoms with van der Waals surface area (Å²) < 4.78 is 1.09. The van der Waals surface area contributed by atoms with Crippen LogP contribution in [0.2, 0.25) is 0 Å². The molecule has 2 nitrogen and oxygen atoms in total. The van der Waals surface area contributed by atoms with Crippen LogP contribution in [0.1, 0.15) is 44.4 Å². The summed E-state index contributed by atoms with van der Waals surface area (Å²) in [6, 6.07) is 2.08. The van der Waals surface area contributed by atoms with Gasteiger partial charge >= 0.3 is 0 Å². The van der Waals surface area contributed by atoms with E-state index >= 15 is 0 Å². The van der Waals surface area contributed by atoms with Gasteiger partial charge in [-0.05, 0) is 47.9 Å². The monoisotopic (exact) mass is 343 g/mol. The Morgan fingerprint density at radius 2 is 2.00 bits per heavy atom. The van der Waals surface area contributed by atoms with Crippen molar-refractivity contribution in [2.75, 3.05) is 13.1 Å². The Balaban J connectivity index is 2.16. The Bertz CT molecular complexity index is 433. The molecule has 0 unspecified atom stereocenters. The van der Waals surface area contributed by atoms with Gasteiger partial charge in [-0.3, -0.25) is 9.69 Å². The Morgan fingerprint density at radius 3 is 2.47 bits per heavy atom. The van der Waals surface area contributed by atoms with Crippen LogP contribution in [0.5, 0.6) is 0 Å². The number of Topliss-reactive ketones (excluding diaryl/α,β-unsaturated/α-hetero) is 1. The van der Waals surface area contributed by atoms with E-state index in [2.05, 4.69) is 46.1 Å². The smallest absolute Gasteiger partial charge is 0.158 e. The molecule has 1 saturated carbocycles. The molecular weight excluding hydrogens is 322 g/mol. The van der Waals surface area contributed by atoms with Gasteiger partial charge in [0.2, 0.25) is 0 Å². The molecule has 0 aliphatic heterocycles. The van der Waals surface area contributed by atoms with Gasteiger partial charge in [0.15, 0.2) is 5.78 Å². The first-order valence-corrected chi connectivity index (χ1v) is 8.81. The number of likely N-dealkylation sites (N-methyl/N-ethyl adjacent to an activating group) is 1. The van der Waals surface area contributed by atoms with Gasteiger partial charge in [0.1, 0.15) is 0 Å². The van der Waals surface area contributed by atoms with E-state index in [1.807, 2.05) is 0 Å². The maximum Gasteiger partial charge on any atom is 0.158 e. The van der Waals surface area contributed by atoms with Gasteiger partial charge in [0.05, 0.1) is 5.54 Å². The van der Waals surface area contributed by atoms with Crippen molar-refractivity contribution < 1.29 is 4.79 Å². The highest BCUT2D eigenvalue weighted by molar-refractivity contribution is 9.10. The Hall–Kier alpha value is -0.190. The van der Waals surface area contributed by atoms with Crippen LogP contribution in [-0.4, -0.2) is 29.3 Å². The van der Waals surface area contributed by atoms with Gasteiger partial charge in [-0.15, -0.1) is 11.3 Å². The third kappa shape index (κ3) is 3.11. The molecule has 1 aromatic rings. The zero-order valence-corrected chi connectivity index (χ0v) is 14.1. The first-order chi connectivity index (χ1) is 9.12. The van der Waals surface area contributed by atoms with Gasteiger partial charge in [-0.1, -0.05) is 26.7 Å². The van der Waals surface area contributed by atoms with Crippen LogP contribution in [0.4, 0.5) is 0 Å². The van der Waals surface area contributed by atoms with E-state index in [1.165, 1.54) is 17.7 Å². The fourth-order valence-electron chi connectivity index (χ4n) is 3.33. The number of hydrogen-bond donors (Lipinski definition) is 0. The molecule has 1 heterocycles. The van der Waals surface area contributed by atoms with E-state index in [0.717, 1.165) is 30.4 Å². The highest BCUT2D eigenvalue weighted by Gasteiger charge is 2.44. The first kappa shape index (κ1) is 15.2. The zero-order chi connectivity index (χ0) is 13.9. The number of carbonyl (C=O) groups excluding carboxylic acids is 1. The minimum atomic E-state index is -0.181. The third-order valence-corrected chi connectivity index (χ3v) is 5.97. The van der Waals surface area contributed by atoms with Crippen LogP contribution in [0.25, 0.3) is 0 Å². The van der Waals surface area contributed by atoms with Gasteiger partial charge in [0.25, 0.3) is 0 Å². The molecule has 0 spiro atoms. The van der Waals surface area contributed by atoms with Crippen molar-refractivity contribution in [2.24, 2.45) is 0 Å². The molecule has 0 radical (unpaired) electrons. The number of halogens is 1. The van der Waals surface area contributed by atoms with Gasteiger partial charge < -0.3 is 0 Å². The predicted molar refractivity (Wildman–Crippen MR) is 84.9 cm³/mol. The molecule has 106 valence electrons. The lowest BCUT2D eigenvalue weighted by atomic mass is 9.87. The molecule has 1 fully saturated rings. The molecule has 0 saturated heterocycles. The van der Waals surface area contributed by atoms with Crippen molar-refractivity contribution in [1.29, 1.82) is 0 Å². The van der Waals surface area contributed by atoms with Crippen molar-refractivity contribution in [2.45, 2.75) is 51.5 Å². The average Bonchev–Trinajstić information content (AvgIpc) is 3.01. The van der Waals surface area contributed by atoms with Gasteiger partial charge in [0, 0.05) is 21.2 Å².